The van der Waals surface area contributed by atoms with Gasteiger partial charge in [-0.05, 0) is 48.4 Å². The molecule has 27 heavy (non-hydrogen) atoms. The van der Waals surface area contributed by atoms with E-state index in [4.69, 9.17) is 4.99 Å². The van der Waals surface area contributed by atoms with Gasteiger partial charge in [-0.25, -0.2) is 9.38 Å². The standard InChI is InChI=1S/C22H17FN2OS/c23-17-13-11-16(12-14-17)15-20-21(26)25(19-9-5-2-6-10-19)22(27-20)24-18-7-3-1-4-8-18/h1-14,20H,15H2/t20-/m1/s1. The number of carbonyl (C=O) groups is 1. The molecule has 3 aromatic carbocycles. The fraction of sp³-hybridized carbons (Fsp3) is 0.0909. The van der Waals surface area contributed by atoms with Crippen molar-refractivity contribution in [2.24, 2.45) is 4.99 Å². The maximum absolute atomic E-state index is 13.2. The van der Waals surface area contributed by atoms with Gasteiger partial charge in [-0.2, -0.15) is 0 Å². The Morgan fingerprint density at radius 1 is 0.889 bits per heavy atom. The Labute approximate surface area is 161 Å². The van der Waals surface area contributed by atoms with Crippen molar-refractivity contribution in [3.05, 3.63) is 96.3 Å². The van der Waals surface area contributed by atoms with E-state index >= 15 is 0 Å². The third-order valence-electron chi connectivity index (χ3n) is 4.26. The molecule has 4 rings (SSSR count). The van der Waals surface area contributed by atoms with Gasteiger partial charge in [-0.15, -0.1) is 0 Å². The zero-order chi connectivity index (χ0) is 18.6. The summed E-state index contributed by atoms with van der Waals surface area (Å²) >= 11 is 1.45. The molecular weight excluding hydrogens is 359 g/mol. The average molecular weight is 376 g/mol. The second-order valence-electron chi connectivity index (χ2n) is 6.18. The highest BCUT2D eigenvalue weighted by molar-refractivity contribution is 8.16. The number of hydrogen-bond donors (Lipinski definition) is 0. The number of amides is 1. The first kappa shape index (κ1) is 17.5. The minimum atomic E-state index is -0.293. The van der Waals surface area contributed by atoms with Crippen molar-refractivity contribution in [2.75, 3.05) is 4.90 Å². The zero-order valence-electron chi connectivity index (χ0n) is 14.5. The fourth-order valence-corrected chi connectivity index (χ4v) is 4.13. The van der Waals surface area contributed by atoms with Gasteiger partial charge in [0, 0.05) is 0 Å². The van der Waals surface area contributed by atoms with E-state index in [-0.39, 0.29) is 17.0 Å². The summed E-state index contributed by atoms with van der Waals surface area (Å²) in [5, 5.41) is 0.364. The van der Waals surface area contributed by atoms with Crippen LogP contribution >= 0.6 is 11.8 Å². The van der Waals surface area contributed by atoms with Crippen LogP contribution in [0.4, 0.5) is 15.8 Å². The molecule has 5 heteroatoms. The van der Waals surface area contributed by atoms with Crippen LogP contribution in [0.2, 0.25) is 0 Å². The molecule has 3 aromatic rings. The SMILES string of the molecule is O=C1[C@@H](Cc2ccc(F)cc2)SC(=Nc2ccccc2)N1c1ccccc1. The molecule has 0 aromatic heterocycles. The van der Waals surface area contributed by atoms with Crippen LogP contribution in [0, 0.1) is 5.82 Å². The number of carbonyl (C=O) groups excluding carboxylic acids is 1. The van der Waals surface area contributed by atoms with Crippen LogP contribution in [0.15, 0.2) is 89.9 Å². The highest BCUT2D eigenvalue weighted by Crippen LogP contribution is 2.35. The molecule has 0 radical (unpaired) electrons. The minimum Gasteiger partial charge on any atom is -0.273 e. The van der Waals surface area contributed by atoms with Gasteiger partial charge in [-0.1, -0.05) is 60.3 Å². The molecule has 1 fully saturated rings. The number of amidine groups is 1. The molecule has 1 aliphatic rings. The highest BCUT2D eigenvalue weighted by atomic mass is 32.2. The van der Waals surface area contributed by atoms with Crippen molar-refractivity contribution in [3.8, 4) is 0 Å². The lowest BCUT2D eigenvalue weighted by Crippen LogP contribution is -2.32. The number of halogens is 1. The number of anilines is 1. The van der Waals surface area contributed by atoms with Gasteiger partial charge in [0.2, 0.25) is 5.91 Å². The monoisotopic (exact) mass is 376 g/mol. The lowest BCUT2D eigenvalue weighted by Gasteiger charge is -2.16. The molecule has 0 unspecified atom stereocenters. The Bertz CT molecular complexity index is 959. The van der Waals surface area contributed by atoms with Crippen molar-refractivity contribution in [2.45, 2.75) is 11.7 Å². The van der Waals surface area contributed by atoms with Crippen LogP contribution in [-0.4, -0.2) is 16.3 Å². The lowest BCUT2D eigenvalue weighted by atomic mass is 10.1. The highest BCUT2D eigenvalue weighted by Gasteiger charge is 2.38. The molecule has 0 spiro atoms. The molecule has 3 nitrogen and oxygen atoms in total. The second-order valence-corrected chi connectivity index (χ2v) is 7.35. The molecule has 1 amide bonds. The van der Waals surface area contributed by atoms with E-state index < -0.39 is 0 Å². The van der Waals surface area contributed by atoms with Crippen LogP contribution in [0.5, 0.6) is 0 Å². The molecule has 0 bridgehead atoms. The summed E-state index contributed by atoms with van der Waals surface area (Å²) in [6.45, 7) is 0. The Morgan fingerprint density at radius 2 is 1.52 bits per heavy atom. The first-order valence-corrected chi connectivity index (χ1v) is 9.52. The fourth-order valence-electron chi connectivity index (χ4n) is 2.94. The maximum Gasteiger partial charge on any atom is 0.247 e. The summed E-state index contributed by atoms with van der Waals surface area (Å²) in [5.41, 5.74) is 2.53. The van der Waals surface area contributed by atoms with Gasteiger partial charge in [0.15, 0.2) is 5.17 Å². The number of nitrogens with zero attached hydrogens (tertiary/aromatic N) is 2. The van der Waals surface area contributed by atoms with Crippen molar-refractivity contribution in [3.63, 3.8) is 0 Å². The van der Waals surface area contributed by atoms with Crippen LogP contribution in [0.3, 0.4) is 0 Å². The smallest absolute Gasteiger partial charge is 0.247 e. The summed E-state index contributed by atoms with van der Waals surface area (Å²) in [6, 6.07) is 25.4. The predicted molar refractivity (Wildman–Crippen MR) is 109 cm³/mol. The third-order valence-corrected chi connectivity index (χ3v) is 5.40. The molecule has 0 N–H and O–H groups in total. The number of benzene rings is 3. The van der Waals surface area contributed by atoms with Gasteiger partial charge in [-0.3, -0.25) is 9.69 Å². The van der Waals surface area contributed by atoms with Crippen molar-refractivity contribution < 1.29 is 9.18 Å². The molecule has 1 heterocycles. The van der Waals surface area contributed by atoms with Crippen molar-refractivity contribution in [1.29, 1.82) is 0 Å². The Morgan fingerprint density at radius 3 is 2.19 bits per heavy atom. The first-order chi connectivity index (χ1) is 13.2. The number of hydrogen-bond acceptors (Lipinski definition) is 3. The minimum absolute atomic E-state index is 0.00907. The maximum atomic E-state index is 13.2. The summed E-state index contributed by atoms with van der Waals surface area (Å²) < 4.78 is 13.2. The molecular formula is C22H17FN2OS. The largest absolute Gasteiger partial charge is 0.273 e. The number of thioether (sulfide) groups is 1. The van der Waals surface area contributed by atoms with Crippen molar-refractivity contribution in [1.82, 2.24) is 0 Å². The molecule has 0 saturated carbocycles. The average Bonchev–Trinajstić information content (AvgIpc) is 3.00. The summed E-state index contributed by atoms with van der Waals surface area (Å²) in [5.74, 6) is -0.286. The van der Waals surface area contributed by atoms with Gasteiger partial charge >= 0.3 is 0 Å². The second kappa shape index (κ2) is 7.76. The number of aliphatic imine (C=N–C) groups is 1. The number of para-hydroxylation sites is 2. The van der Waals surface area contributed by atoms with Gasteiger partial charge in [0.25, 0.3) is 0 Å². The quantitative estimate of drug-likeness (QED) is 0.627. The Balaban J connectivity index is 1.67. The molecule has 1 atom stereocenters. The molecule has 1 saturated heterocycles. The van der Waals surface area contributed by atoms with E-state index in [9.17, 15) is 9.18 Å². The lowest BCUT2D eigenvalue weighted by molar-refractivity contribution is -0.116. The zero-order valence-corrected chi connectivity index (χ0v) is 15.3. The molecule has 1 aliphatic heterocycles. The Hall–Kier alpha value is -2.92. The van der Waals surface area contributed by atoms with Crippen LogP contribution in [0.1, 0.15) is 5.56 Å². The molecule has 0 aliphatic carbocycles. The summed E-state index contributed by atoms with van der Waals surface area (Å²) in [4.78, 5) is 19.5. The topological polar surface area (TPSA) is 32.7 Å². The Kier molecular flexibility index (Phi) is 5.03. The van der Waals surface area contributed by atoms with Crippen LogP contribution in [0.25, 0.3) is 0 Å². The van der Waals surface area contributed by atoms with E-state index in [0.29, 0.717) is 11.6 Å². The van der Waals surface area contributed by atoms with Gasteiger partial charge in [0.05, 0.1) is 16.6 Å². The summed E-state index contributed by atoms with van der Waals surface area (Å²) in [7, 11) is 0. The van der Waals surface area contributed by atoms with Crippen LogP contribution < -0.4 is 4.90 Å². The van der Waals surface area contributed by atoms with Crippen molar-refractivity contribution >= 4 is 34.2 Å². The normalized spacial score (nSPS) is 18.3. The third kappa shape index (κ3) is 3.93. The van der Waals surface area contributed by atoms with E-state index in [2.05, 4.69) is 0 Å². The van der Waals surface area contributed by atoms with E-state index in [1.807, 2.05) is 60.7 Å². The predicted octanol–water partition coefficient (Wildman–Crippen LogP) is 5.20. The van der Waals surface area contributed by atoms with Gasteiger partial charge < -0.3 is 0 Å². The van der Waals surface area contributed by atoms with E-state index in [1.165, 1.54) is 23.9 Å². The van der Waals surface area contributed by atoms with E-state index in [0.717, 1.165) is 16.9 Å². The number of rotatable bonds is 4. The van der Waals surface area contributed by atoms with Gasteiger partial charge in [0.1, 0.15) is 5.82 Å². The van der Waals surface area contributed by atoms with E-state index in [1.54, 1.807) is 17.0 Å². The van der Waals surface area contributed by atoms with Crippen LogP contribution in [-0.2, 0) is 11.2 Å². The summed E-state index contributed by atoms with van der Waals surface area (Å²) in [6.07, 6.45) is 0.529. The molecule has 134 valence electrons. The first-order valence-electron chi connectivity index (χ1n) is 8.64.